The van der Waals surface area contributed by atoms with E-state index in [1.807, 2.05) is 37.3 Å². The van der Waals surface area contributed by atoms with E-state index in [1.165, 1.54) is 0 Å². The Hall–Kier alpha value is -1.61. The minimum Gasteiger partial charge on any atom is -0.394 e. The predicted octanol–water partition coefficient (Wildman–Crippen LogP) is 2.03. The summed E-state index contributed by atoms with van der Waals surface area (Å²) in [6.45, 7) is 2.06. The molecule has 1 aromatic heterocycles. The second-order valence-electron chi connectivity index (χ2n) is 3.60. The number of hydrogen-bond donors (Lipinski definition) is 2. The summed E-state index contributed by atoms with van der Waals surface area (Å²) in [5.41, 5.74) is 1.98. The Morgan fingerprint density at radius 3 is 2.93 bits per heavy atom. The Morgan fingerprint density at radius 2 is 2.13 bits per heavy atom. The van der Waals surface area contributed by atoms with Gasteiger partial charge in [0.2, 0.25) is 0 Å². The van der Waals surface area contributed by atoms with Crippen LogP contribution in [0.15, 0.2) is 36.5 Å². The average molecular weight is 202 g/mol. The molecule has 0 aliphatic heterocycles. The van der Waals surface area contributed by atoms with Crippen molar-refractivity contribution in [3.63, 3.8) is 0 Å². The molecule has 2 aromatic rings. The van der Waals surface area contributed by atoms with Gasteiger partial charge < -0.3 is 10.4 Å². The second kappa shape index (κ2) is 4.28. The highest BCUT2D eigenvalue weighted by Gasteiger charge is 2.03. The molecule has 1 unspecified atom stereocenters. The van der Waals surface area contributed by atoms with Crippen LogP contribution in [-0.2, 0) is 0 Å². The van der Waals surface area contributed by atoms with Crippen LogP contribution >= 0.6 is 0 Å². The fourth-order valence-electron chi connectivity index (χ4n) is 1.53. The number of aliphatic hydroxyl groups excluding tert-OH is 1. The van der Waals surface area contributed by atoms with Crippen molar-refractivity contribution < 1.29 is 5.11 Å². The lowest BCUT2D eigenvalue weighted by atomic mass is 10.2. The van der Waals surface area contributed by atoms with E-state index < -0.39 is 0 Å². The summed E-state index contributed by atoms with van der Waals surface area (Å²) in [6, 6.07) is 9.93. The quantitative estimate of drug-likeness (QED) is 0.800. The fourth-order valence-corrected chi connectivity index (χ4v) is 1.53. The van der Waals surface area contributed by atoms with Crippen LogP contribution < -0.4 is 5.32 Å². The zero-order valence-electron chi connectivity index (χ0n) is 8.64. The highest BCUT2D eigenvalue weighted by molar-refractivity contribution is 5.90. The van der Waals surface area contributed by atoms with Gasteiger partial charge in [-0.3, -0.25) is 4.98 Å². The molecule has 0 saturated carbocycles. The van der Waals surface area contributed by atoms with Crippen molar-refractivity contribution in [1.82, 2.24) is 4.98 Å². The molecule has 2 N–H and O–H groups in total. The number of aliphatic hydroxyl groups is 1. The van der Waals surface area contributed by atoms with E-state index in [4.69, 9.17) is 5.11 Å². The molecule has 1 heterocycles. The molecule has 0 radical (unpaired) electrons. The molecule has 0 amide bonds. The maximum Gasteiger partial charge on any atom is 0.0722 e. The summed E-state index contributed by atoms with van der Waals surface area (Å²) in [5.74, 6) is 0. The van der Waals surface area contributed by atoms with Crippen LogP contribution in [-0.4, -0.2) is 22.7 Å². The third-order valence-electron chi connectivity index (χ3n) is 2.32. The Labute approximate surface area is 88.8 Å². The SMILES string of the molecule is CC(CO)Nc1ccnc2ccccc12. The summed E-state index contributed by atoms with van der Waals surface area (Å²) < 4.78 is 0. The van der Waals surface area contributed by atoms with E-state index >= 15 is 0 Å². The number of fused-ring (bicyclic) bond motifs is 1. The molecular formula is C12H14N2O. The van der Waals surface area contributed by atoms with E-state index in [1.54, 1.807) is 6.20 Å². The van der Waals surface area contributed by atoms with E-state index in [0.29, 0.717) is 0 Å². The monoisotopic (exact) mass is 202 g/mol. The van der Waals surface area contributed by atoms with Crippen LogP contribution in [0, 0.1) is 0 Å². The Morgan fingerprint density at radius 1 is 1.33 bits per heavy atom. The van der Waals surface area contributed by atoms with E-state index in [0.717, 1.165) is 16.6 Å². The molecule has 0 spiro atoms. The molecule has 2 rings (SSSR count). The molecule has 3 heteroatoms. The largest absolute Gasteiger partial charge is 0.394 e. The summed E-state index contributed by atoms with van der Waals surface area (Å²) in [4.78, 5) is 4.27. The van der Waals surface area contributed by atoms with Crippen molar-refractivity contribution in [2.24, 2.45) is 0 Å². The van der Waals surface area contributed by atoms with Gasteiger partial charge in [-0.15, -0.1) is 0 Å². The lowest BCUT2D eigenvalue weighted by Crippen LogP contribution is -2.19. The lowest BCUT2D eigenvalue weighted by molar-refractivity contribution is 0.281. The van der Waals surface area contributed by atoms with Crippen molar-refractivity contribution in [1.29, 1.82) is 0 Å². The molecule has 15 heavy (non-hydrogen) atoms. The average Bonchev–Trinajstić information content (AvgIpc) is 2.29. The van der Waals surface area contributed by atoms with Crippen molar-refractivity contribution in [3.8, 4) is 0 Å². The first-order chi connectivity index (χ1) is 7.31. The lowest BCUT2D eigenvalue weighted by Gasteiger charge is -2.13. The van der Waals surface area contributed by atoms with Gasteiger partial charge in [-0.05, 0) is 19.1 Å². The minimum absolute atomic E-state index is 0.0517. The number of benzene rings is 1. The number of aromatic nitrogens is 1. The van der Waals surface area contributed by atoms with E-state index in [-0.39, 0.29) is 12.6 Å². The summed E-state index contributed by atoms with van der Waals surface area (Å²) in [6.07, 6.45) is 1.77. The maximum absolute atomic E-state index is 8.99. The smallest absolute Gasteiger partial charge is 0.0722 e. The number of hydrogen-bond acceptors (Lipinski definition) is 3. The van der Waals surface area contributed by atoms with Crippen LogP contribution in [0.2, 0.25) is 0 Å². The van der Waals surface area contributed by atoms with Gasteiger partial charge >= 0.3 is 0 Å². The highest BCUT2D eigenvalue weighted by Crippen LogP contribution is 2.21. The van der Waals surface area contributed by atoms with Gasteiger partial charge in [0, 0.05) is 23.3 Å². The molecule has 1 aromatic carbocycles. The van der Waals surface area contributed by atoms with Gasteiger partial charge in [-0.2, -0.15) is 0 Å². The summed E-state index contributed by atoms with van der Waals surface area (Å²) in [5, 5.41) is 13.3. The first-order valence-electron chi connectivity index (χ1n) is 5.02. The van der Waals surface area contributed by atoms with Crippen LogP contribution in [0.1, 0.15) is 6.92 Å². The molecular weight excluding hydrogens is 188 g/mol. The van der Waals surface area contributed by atoms with Crippen LogP contribution in [0.3, 0.4) is 0 Å². The van der Waals surface area contributed by atoms with Gasteiger partial charge in [-0.1, -0.05) is 18.2 Å². The summed E-state index contributed by atoms with van der Waals surface area (Å²) in [7, 11) is 0. The molecule has 1 atom stereocenters. The normalized spacial score (nSPS) is 12.7. The number of nitrogens with one attached hydrogen (secondary N) is 1. The number of anilines is 1. The molecule has 3 nitrogen and oxygen atoms in total. The van der Waals surface area contributed by atoms with Crippen molar-refractivity contribution in [2.45, 2.75) is 13.0 Å². The zero-order valence-corrected chi connectivity index (χ0v) is 8.64. The van der Waals surface area contributed by atoms with E-state index in [9.17, 15) is 0 Å². The third kappa shape index (κ3) is 2.07. The van der Waals surface area contributed by atoms with E-state index in [2.05, 4.69) is 10.3 Å². The first-order valence-corrected chi connectivity index (χ1v) is 5.02. The van der Waals surface area contributed by atoms with Gasteiger partial charge in [-0.25, -0.2) is 0 Å². The van der Waals surface area contributed by atoms with Crippen LogP contribution in [0.4, 0.5) is 5.69 Å². The summed E-state index contributed by atoms with van der Waals surface area (Å²) >= 11 is 0. The topological polar surface area (TPSA) is 45.1 Å². The standard InChI is InChI=1S/C12H14N2O/c1-9(8-15)14-12-6-7-13-11-5-3-2-4-10(11)12/h2-7,9,15H,8H2,1H3,(H,13,14). The van der Waals surface area contributed by atoms with Crippen molar-refractivity contribution in [3.05, 3.63) is 36.5 Å². The van der Waals surface area contributed by atoms with Crippen LogP contribution in [0.25, 0.3) is 10.9 Å². The second-order valence-corrected chi connectivity index (χ2v) is 3.60. The van der Waals surface area contributed by atoms with Crippen LogP contribution in [0.5, 0.6) is 0 Å². The predicted molar refractivity (Wildman–Crippen MR) is 61.9 cm³/mol. The molecule has 0 aliphatic carbocycles. The number of rotatable bonds is 3. The minimum atomic E-state index is 0.0517. The highest BCUT2D eigenvalue weighted by atomic mass is 16.3. The third-order valence-corrected chi connectivity index (χ3v) is 2.32. The molecule has 0 saturated heterocycles. The Bertz CT molecular complexity index is 451. The van der Waals surface area contributed by atoms with Gasteiger partial charge in [0.25, 0.3) is 0 Å². The van der Waals surface area contributed by atoms with Crippen molar-refractivity contribution in [2.75, 3.05) is 11.9 Å². The van der Waals surface area contributed by atoms with Gasteiger partial charge in [0.15, 0.2) is 0 Å². The molecule has 78 valence electrons. The Balaban J connectivity index is 2.42. The van der Waals surface area contributed by atoms with Gasteiger partial charge in [0.1, 0.15) is 0 Å². The molecule has 0 aliphatic rings. The molecule has 0 bridgehead atoms. The van der Waals surface area contributed by atoms with Gasteiger partial charge in [0.05, 0.1) is 12.1 Å². The molecule has 0 fully saturated rings. The first kappa shape index (κ1) is 9.93. The number of para-hydroxylation sites is 1. The fraction of sp³-hybridized carbons (Fsp3) is 0.250. The Kier molecular flexibility index (Phi) is 2.83. The zero-order chi connectivity index (χ0) is 10.7. The number of nitrogens with zero attached hydrogens (tertiary/aromatic N) is 1. The maximum atomic E-state index is 8.99. The number of pyridine rings is 1. The van der Waals surface area contributed by atoms with Crippen molar-refractivity contribution >= 4 is 16.6 Å².